The molecule has 0 fully saturated rings. The number of hydrogen-bond donors (Lipinski definition) is 1. The number of carbonyl (C=O) groups is 1. The van der Waals surface area contributed by atoms with Gasteiger partial charge in [0.05, 0.1) is 12.8 Å². The van der Waals surface area contributed by atoms with Crippen LogP contribution < -0.4 is 4.72 Å². The Morgan fingerprint density at radius 2 is 2.00 bits per heavy atom. The van der Waals surface area contributed by atoms with Crippen LogP contribution >= 0.6 is 11.3 Å². The molecule has 1 aromatic heterocycles. The van der Waals surface area contributed by atoms with E-state index < -0.39 is 26.7 Å². The molecule has 1 heterocycles. The third-order valence-corrected chi connectivity index (χ3v) is 5.17. The monoisotopic (exact) mass is 329 g/mol. The summed E-state index contributed by atoms with van der Waals surface area (Å²) in [6.07, 6.45) is 0. The fourth-order valence-corrected chi connectivity index (χ4v) is 3.88. The first-order valence-corrected chi connectivity index (χ1v) is 8.17. The van der Waals surface area contributed by atoms with Crippen LogP contribution in [0.2, 0.25) is 0 Å². The Bertz CT molecular complexity index is 783. The third kappa shape index (κ3) is 3.06. The molecule has 0 aliphatic rings. The highest BCUT2D eigenvalue weighted by Crippen LogP contribution is 2.30. The zero-order chi connectivity index (χ0) is 15.6. The van der Waals surface area contributed by atoms with E-state index in [0.29, 0.717) is 5.56 Å². The fourth-order valence-electron chi connectivity index (χ4n) is 1.67. The topological polar surface area (TPSA) is 72.5 Å². The Balaban J connectivity index is 2.45. The van der Waals surface area contributed by atoms with Crippen LogP contribution in [0, 0.1) is 12.7 Å². The van der Waals surface area contributed by atoms with E-state index in [4.69, 9.17) is 0 Å². The van der Waals surface area contributed by atoms with E-state index in [0.717, 1.165) is 23.5 Å². The van der Waals surface area contributed by atoms with Crippen molar-refractivity contribution in [3.8, 4) is 0 Å². The summed E-state index contributed by atoms with van der Waals surface area (Å²) in [6.45, 7) is 1.64. The van der Waals surface area contributed by atoms with Crippen LogP contribution in [-0.4, -0.2) is 21.5 Å². The Kier molecular flexibility index (Phi) is 4.29. The maximum absolute atomic E-state index is 13.6. The Labute approximate surface area is 125 Å². The van der Waals surface area contributed by atoms with Gasteiger partial charge in [0.1, 0.15) is 15.6 Å². The number of sulfonamides is 1. The van der Waals surface area contributed by atoms with Crippen molar-refractivity contribution in [2.75, 3.05) is 11.8 Å². The highest BCUT2D eigenvalue weighted by Gasteiger charge is 2.24. The normalized spacial score (nSPS) is 11.2. The molecule has 0 aliphatic heterocycles. The molecule has 0 amide bonds. The number of rotatable bonds is 4. The van der Waals surface area contributed by atoms with E-state index in [2.05, 4.69) is 9.46 Å². The number of thiophene rings is 1. The van der Waals surface area contributed by atoms with Gasteiger partial charge >= 0.3 is 5.97 Å². The first kappa shape index (κ1) is 15.5. The Hall–Kier alpha value is -1.93. The first-order valence-electron chi connectivity index (χ1n) is 5.80. The minimum atomic E-state index is -4.13. The maximum Gasteiger partial charge on any atom is 0.350 e. The molecule has 0 radical (unpaired) electrons. The second-order valence-corrected chi connectivity index (χ2v) is 6.68. The lowest BCUT2D eigenvalue weighted by Crippen LogP contribution is -2.16. The lowest BCUT2D eigenvalue weighted by molar-refractivity contribution is 0.0607. The van der Waals surface area contributed by atoms with Gasteiger partial charge in [-0.1, -0.05) is 12.1 Å². The number of ether oxygens (including phenoxy) is 1. The molecule has 0 atom stereocenters. The number of halogens is 1. The molecule has 0 bridgehead atoms. The van der Waals surface area contributed by atoms with Gasteiger partial charge in [0.15, 0.2) is 0 Å². The summed E-state index contributed by atoms with van der Waals surface area (Å²) in [5.74, 6) is -1.52. The van der Waals surface area contributed by atoms with E-state index >= 15 is 0 Å². The maximum atomic E-state index is 13.6. The number of carbonyl (C=O) groups excluding carboxylic acids is 1. The van der Waals surface area contributed by atoms with Crippen LogP contribution in [0.4, 0.5) is 10.1 Å². The van der Waals surface area contributed by atoms with Gasteiger partial charge in [-0.15, -0.1) is 11.3 Å². The summed E-state index contributed by atoms with van der Waals surface area (Å²) in [5.41, 5.74) is 0.662. The van der Waals surface area contributed by atoms with Gasteiger partial charge in [-0.25, -0.2) is 17.6 Å². The van der Waals surface area contributed by atoms with Crippen LogP contribution in [0.15, 0.2) is 34.5 Å². The molecule has 21 heavy (non-hydrogen) atoms. The molecule has 1 N–H and O–H groups in total. The molecule has 0 saturated carbocycles. The number of hydrogen-bond acceptors (Lipinski definition) is 5. The lowest BCUT2D eigenvalue weighted by atomic mass is 10.3. The van der Waals surface area contributed by atoms with Crippen molar-refractivity contribution < 1.29 is 22.3 Å². The molecule has 0 unspecified atom stereocenters. The third-order valence-electron chi connectivity index (χ3n) is 2.71. The van der Waals surface area contributed by atoms with Crippen molar-refractivity contribution in [3.05, 3.63) is 45.9 Å². The SMILES string of the molecule is COC(=O)c1scc(C)c1NS(=O)(=O)c1ccccc1F. The number of aryl methyl sites for hydroxylation is 1. The van der Waals surface area contributed by atoms with Crippen LogP contribution in [0.25, 0.3) is 0 Å². The Morgan fingerprint density at radius 1 is 1.33 bits per heavy atom. The molecule has 8 heteroatoms. The molecular formula is C13H12FNO4S2. The van der Waals surface area contributed by atoms with E-state index in [9.17, 15) is 17.6 Å². The molecule has 0 spiro atoms. The molecule has 2 aromatic rings. The van der Waals surface area contributed by atoms with E-state index in [1.54, 1.807) is 12.3 Å². The number of nitrogens with one attached hydrogen (secondary N) is 1. The van der Waals surface area contributed by atoms with E-state index in [-0.39, 0.29) is 10.6 Å². The Morgan fingerprint density at radius 3 is 2.62 bits per heavy atom. The van der Waals surface area contributed by atoms with Crippen molar-refractivity contribution in [2.24, 2.45) is 0 Å². The van der Waals surface area contributed by atoms with E-state index in [1.807, 2.05) is 0 Å². The smallest absolute Gasteiger partial charge is 0.350 e. The van der Waals surface area contributed by atoms with Crippen molar-refractivity contribution >= 4 is 33.0 Å². The second kappa shape index (κ2) is 5.82. The minimum Gasteiger partial charge on any atom is -0.465 e. The van der Waals surface area contributed by atoms with Gasteiger partial charge < -0.3 is 4.74 Å². The van der Waals surface area contributed by atoms with Crippen molar-refractivity contribution in [3.63, 3.8) is 0 Å². The zero-order valence-electron chi connectivity index (χ0n) is 11.2. The second-order valence-electron chi connectivity index (χ2n) is 4.15. The standard InChI is InChI=1S/C13H12FNO4S2/c1-8-7-20-12(13(16)19-2)11(8)15-21(17,18)10-6-4-3-5-9(10)14/h3-7,15H,1-2H3. The molecular weight excluding hydrogens is 317 g/mol. The van der Waals surface area contributed by atoms with Crippen molar-refractivity contribution in [1.29, 1.82) is 0 Å². The molecule has 112 valence electrons. The molecule has 1 aromatic carbocycles. The number of anilines is 1. The highest BCUT2D eigenvalue weighted by molar-refractivity contribution is 7.92. The average molecular weight is 329 g/mol. The van der Waals surface area contributed by atoms with Gasteiger partial charge in [-0.05, 0) is 30.0 Å². The number of benzene rings is 1. The van der Waals surface area contributed by atoms with E-state index in [1.165, 1.54) is 19.2 Å². The zero-order valence-corrected chi connectivity index (χ0v) is 12.8. The lowest BCUT2D eigenvalue weighted by Gasteiger charge is -2.10. The quantitative estimate of drug-likeness (QED) is 0.876. The van der Waals surface area contributed by atoms with Gasteiger partial charge in [0.2, 0.25) is 0 Å². The summed E-state index contributed by atoms with van der Waals surface area (Å²) in [6, 6.07) is 5.01. The number of methoxy groups -OCH3 is 1. The highest BCUT2D eigenvalue weighted by atomic mass is 32.2. The predicted octanol–water partition coefficient (Wildman–Crippen LogP) is 2.78. The fraction of sp³-hybridized carbons (Fsp3) is 0.154. The summed E-state index contributed by atoms with van der Waals surface area (Å²) >= 11 is 1.05. The summed E-state index contributed by atoms with van der Waals surface area (Å²) < 4.78 is 45.0. The molecule has 5 nitrogen and oxygen atoms in total. The van der Waals surface area contributed by atoms with Crippen molar-refractivity contribution in [2.45, 2.75) is 11.8 Å². The van der Waals surface area contributed by atoms with Crippen molar-refractivity contribution in [1.82, 2.24) is 0 Å². The minimum absolute atomic E-state index is 0.107. The summed E-state index contributed by atoms with van der Waals surface area (Å²) in [5, 5.41) is 1.62. The largest absolute Gasteiger partial charge is 0.465 e. The van der Waals surface area contributed by atoms with Gasteiger partial charge in [-0.3, -0.25) is 4.72 Å². The van der Waals surface area contributed by atoms with Crippen LogP contribution in [-0.2, 0) is 14.8 Å². The van der Waals surface area contributed by atoms with Gasteiger partial charge in [0, 0.05) is 0 Å². The van der Waals surface area contributed by atoms with Crippen LogP contribution in [0.5, 0.6) is 0 Å². The molecule has 2 rings (SSSR count). The predicted molar refractivity (Wildman–Crippen MR) is 77.6 cm³/mol. The van der Waals surface area contributed by atoms with Crippen LogP contribution in [0.3, 0.4) is 0 Å². The van der Waals surface area contributed by atoms with Gasteiger partial charge in [0.25, 0.3) is 10.0 Å². The first-order chi connectivity index (χ1) is 9.86. The summed E-state index contributed by atoms with van der Waals surface area (Å²) in [4.78, 5) is 11.3. The average Bonchev–Trinajstić information content (AvgIpc) is 2.79. The molecule has 0 aliphatic carbocycles. The number of esters is 1. The summed E-state index contributed by atoms with van der Waals surface area (Å²) in [7, 11) is -2.93. The molecule has 0 saturated heterocycles. The van der Waals surface area contributed by atoms with Crippen LogP contribution in [0.1, 0.15) is 15.2 Å². The van der Waals surface area contributed by atoms with Gasteiger partial charge in [-0.2, -0.15) is 0 Å².